The molecule has 0 bridgehead atoms. The Morgan fingerprint density at radius 2 is 1.86 bits per heavy atom. The van der Waals surface area contributed by atoms with E-state index in [9.17, 15) is 18.3 Å². The van der Waals surface area contributed by atoms with Crippen LogP contribution in [-0.4, -0.2) is 31.3 Å². The van der Waals surface area contributed by atoms with Crippen molar-refractivity contribution in [2.45, 2.75) is 25.7 Å². The van der Waals surface area contributed by atoms with Crippen LogP contribution in [0.25, 0.3) is 0 Å². The number of rotatable bonds is 7. The Morgan fingerprint density at radius 1 is 1.14 bits per heavy atom. The van der Waals surface area contributed by atoms with Crippen molar-refractivity contribution >= 4 is 29.9 Å². The van der Waals surface area contributed by atoms with Crippen LogP contribution in [0.15, 0.2) is 53.5 Å². The molecule has 0 fully saturated rings. The number of aliphatic hydroxyl groups is 1. The highest BCUT2D eigenvalue weighted by Crippen LogP contribution is 2.29. The van der Waals surface area contributed by atoms with Gasteiger partial charge in [-0.2, -0.15) is 13.2 Å². The van der Waals surface area contributed by atoms with Crippen molar-refractivity contribution in [2.24, 2.45) is 4.99 Å². The molecule has 2 aromatic carbocycles. The summed E-state index contributed by atoms with van der Waals surface area (Å²) in [7, 11) is 1.55. The first-order valence-corrected chi connectivity index (χ1v) is 8.83. The molecule has 0 heterocycles. The Labute approximate surface area is 185 Å². The Balaban J connectivity index is 0.00000420. The monoisotopic (exact) mass is 523 g/mol. The number of benzene rings is 2. The Bertz CT molecular complexity index is 801. The second-order valence-corrected chi connectivity index (χ2v) is 6.07. The molecule has 0 aromatic heterocycles. The molecule has 29 heavy (non-hydrogen) atoms. The second kappa shape index (κ2) is 11.9. The number of aliphatic imine (C=N–C) groups is 1. The zero-order valence-corrected chi connectivity index (χ0v) is 18.5. The van der Waals surface area contributed by atoms with Gasteiger partial charge in [0.1, 0.15) is 5.75 Å². The van der Waals surface area contributed by atoms with Crippen LogP contribution in [0.5, 0.6) is 5.75 Å². The topological polar surface area (TPSA) is 65.9 Å². The van der Waals surface area contributed by atoms with Gasteiger partial charge in [0.25, 0.3) is 0 Å². The maximum Gasteiger partial charge on any atom is 0.416 e. The maximum atomic E-state index is 12.8. The van der Waals surface area contributed by atoms with Crippen LogP contribution in [0.2, 0.25) is 0 Å². The third-order valence-electron chi connectivity index (χ3n) is 3.96. The molecule has 0 spiro atoms. The van der Waals surface area contributed by atoms with E-state index in [4.69, 9.17) is 4.74 Å². The van der Waals surface area contributed by atoms with E-state index in [1.54, 1.807) is 37.4 Å². The molecule has 160 valence electrons. The Hall–Kier alpha value is -2.01. The molecule has 2 rings (SSSR count). The number of alkyl halides is 3. The molecule has 2 aromatic rings. The van der Waals surface area contributed by atoms with E-state index in [1.165, 1.54) is 6.07 Å². The van der Waals surface area contributed by atoms with Crippen LogP contribution in [0, 0.1) is 0 Å². The lowest BCUT2D eigenvalue weighted by Gasteiger charge is -2.16. The van der Waals surface area contributed by atoms with Crippen LogP contribution < -0.4 is 15.4 Å². The molecule has 0 saturated carbocycles. The average Bonchev–Trinajstić information content (AvgIpc) is 2.69. The maximum absolute atomic E-state index is 12.8. The first-order chi connectivity index (χ1) is 13.3. The first kappa shape index (κ1) is 25.0. The van der Waals surface area contributed by atoms with Crippen molar-refractivity contribution in [1.29, 1.82) is 0 Å². The summed E-state index contributed by atoms with van der Waals surface area (Å²) in [5.41, 5.74) is 0.424. The molecule has 0 aliphatic heterocycles. The average molecular weight is 523 g/mol. The van der Waals surface area contributed by atoms with Gasteiger partial charge >= 0.3 is 6.18 Å². The van der Waals surface area contributed by atoms with Gasteiger partial charge < -0.3 is 20.5 Å². The molecule has 1 unspecified atom stereocenters. The van der Waals surface area contributed by atoms with Crippen LogP contribution in [0.4, 0.5) is 13.2 Å². The van der Waals surface area contributed by atoms with Gasteiger partial charge in [-0.15, -0.1) is 24.0 Å². The number of guanidine groups is 1. The SMILES string of the molecule is CCNC(=NCc1cccc(C(F)(F)F)c1)NCC(O)c1cccc(OC)c1.I. The largest absolute Gasteiger partial charge is 0.497 e. The summed E-state index contributed by atoms with van der Waals surface area (Å²) in [6.45, 7) is 2.71. The fourth-order valence-electron chi connectivity index (χ4n) is 2.52. The number of halogens is 4. The highest BCUT2D eigenvalue weighted by Gasteiger charge is 2.30. The van der Waals surface area contributed by atoms with E-state index in [0.717, 1.165) is 12.1 Å². The molecule has 9 heteroatoms. The van der Waals surface area contributed by atoms with Gasteiger partial charge in [0, 0.05) is 13.1 Å². The lowest BCUT2D eigenvalue weighted by Crippen LogP contribution is -2.39. The van der Waals surface area contributed by atoms with Crippen LogP contribution in [-0.2, 0) is 12.7 Å². The number of nitrogens with zero attached hydrogens (tertiary/aromatic N) is 1. The highest BCUT2D eigenvalue weighted by molar-refractivity contribution is 14.0. The highest BCUT2D eigenvalue weighted by atomic mass is 127. The third-order valence-corrected chi connectivity index (χ3v) is 3.96. The Kier molecular flexibility index (Phi) is 10.2. The quantitative estimate of drug-likeness (QED) is 0.290. The molecular formula is C20H25F3IN3O2. The summed E-state index contributed by atoms with van der Waals surface area (Å²) in [5.74, 6) is 1.04. The van der Waals surface area contributed by atoms with Crippen LogP contribution >= 0.6 is 24.0 Å². The molecule has 5 nitrogen and oxygen atoms in total. The third kappa shape index (κ3) is 8.09. The normalized spacial score (nSPS) is 12.7. The molecule has 3 N–H and O–H groups in total. The standard InChI is InChI=1S/C20H24F3N3O2.HI/c1-3-24-19(25-12-14-6-4-8-16(10-14)20(21,22)23)26-13-18(27)15-7-5-9-17(11-15)28-2;/h4-11,18,27H,3,12-13H2,1-2H3,(H2,24,25,26);1H. The predicted molar refractivity (Wildman–Crippen MR) is 118 cm³/mol. The number of ether oxygens (including phenoxy) is 1. The number of hydrogen-bond donors (Lipinski definition) is 3. The summed E-state index contributed by atoms with van der Waals surface area (Å²) in [4.78, 5) is 4.30. The molecule has 0 aliphatic carbocycles. The predicted octanol–water partition coefficient (Wildman–Crippen LogP) is 4.12. The summed E-state index contributed by atoms with van der Waals surface area (Å²) in [5, 5.41) is 16.3. The number of aliphatic hydroxyl groups excluding tert-OH is 1. The van der Waals surface area contributed by atoms with Gasteiger partial charge in [0.05, 0.1) is 25.3 Å². The summed E-state index contributed by atoms with van der Waals surface area (Å²) < 4.78 is 43.6. The number of methoxy groups -OCH3 is 1. The molecule has 0 aliphatic rings. The summed E-state index contributed by atoms with van der Waals surface area (Å²) in [6, 6.07) is 12.1. The van der Waals surface area contributed by atoms with Crippen molar-refractivity contribution < 1.29 is 23.0 Å². The summed E-state index contributed by atoms with van der Waals surface area (Å²) >= 11 is 0. The van der Waals surface area contributed by atoms with Crippen molar-refractivity contribution in [2.75, 3.05) is 20.2 Å². The van der Waals surface area contributed by atoms with E-state index in [1.807, 2.05) is 6.92 Å². The van der Waals surface area contributed by atoms with E-state index >= 15 is 0 Å². The van der Waals surface area contributed by atoms with Gasteiger partial charge in [-0.3, -0.25) is 0 Å². The van der Waals surface area contributed by atoms with Crippen molar-refractivity contribution in [1.82, 2.24) is 10.6 Å². The Morgan fingerprint density at radius 3 is 2.52 bits per heavy atom. The zero-order chi connectivity index (χ0) is 20.6. The summed E-state index contributed by atoms with van der Waals surface area (Å²) in [6.07, 6.45) is -5.18. The van der Waals surface area contributed by atoms with E-state index < -0.39 is 17.8 Å². The molecular weight excluding hydrogens is 498 g/mol. The number of hydrogen-bond acceptors (Lipinski definition) is 3. The van der Waals surface area contributed by atoms with Gasteiger partial charge in [0.2, 0.25) is 0 Å². The smallest absolute Gasteiger partial charge is 0.416 e. The zero-order valence-electron chi connectivity index (χ0n) is 16.2. The lowest BCUT2D eigenvalue weighted by atomic mass is 10.1. The van der Waals surface area contributed by atoms with Crippen molar-refractivity contribution in [3.63, 3.8) is 0 Å². The van der Waals surface area contributed by atoms with Crippen LogP contribution in [0.1, 0.15) is 29.7 Å². The van der Waals surface area contributed by atoms with Gasteiger partial charge in [-0.1, -0.05) is 24.3 Å². The minimum Gasteiger partial charge on any atom is -0.497 e. The van der Waals surface area contributed by atoms with Gasteiger partial charge in [0.15, 0.2) is 5.96 Å². The molecule has 0 amide bonds. The van der Waals surface area contributed by atoms with E-state index in [-0.39, 0.29) is 37.1 Å². The minimum absolute atomic E-state index is 0. The number of nitrogens with one attached hydrogen (secondary N) is 2. The van der Waals surface area contributed by atoms with E-state index in [0.29, 0.717) is 29.4 Å². The van der Waals surface area contributed by atoms with Crippen LogP contribution in [0.3, 0.4) is 0 Å². The van der Waals surface area contributed by atoms with Gasteiger partial charge in [-0.25, -0.2) is 4.99 Å². The lowest BCUT2D eigenvalue weighted by molar-refractivity contribution is -0.137. The molecule has 1 atom stereocenters. The van der Waals surface area contributed by atoms with Crippen molar-refractivity contribution in [3.8, 4) is 5.75 Å². The first-order valence-electron chi connectivity index (χ1n) is 8.83. The fourth-order valence-corrected chi connectivity index (χ4v) is 2.52. The van der Waals surface area contributed by atoms with E-state index in [2.05, 4.69) is 15.6 Å². The second-order valence-electron chi connectivity index (χ2n) is 6.07. The minimum atomic E-state index is -4.39. The molecule has 0 radical (unpaired) electrons. The van der Waals surface area contributed by atoms with Crippen molar-refractivity contribution in [3.05, 3.63) is 65.2 Å². The molecule has 0 saturated heterocycles. The fraction of sp³-hybridized carbons (Fsp3) is 0.350. The van der Waals surface area contributed by atoms with Gasteiger partial charge in [-0.05, 0) is 42.3 Å².